The van der Waals surface area contributed by atoms with Crippen molar-refractivity contribution in [2.24, 2.45) is 0 Å². The fourth-order valence-corrected chi connectivity index (χ4v) is 6.00. The number of hydrogen-bond acceptors (Lipinski definition) is 6. The van der Waals surface area contributed by atoms with Crippen molar-refractivity contribution < 1.29 is 9.53 Å². The highest BCUT2D eigenvalue weighted by Crippen LogP contribution is 2.45. The zero-order chi connectivity index (χ0) is 21.7. The zero-order valence-electron chi connectivity index (χ0n) is 16.8. The van der Waals surface area contributed by atoms with Crippen LogP contribution in [0.25, 0.3) is 31.6 Å². The minimum atomic E-state index is -0.0465. The second-order valence-corrected chi connectivity index (χ2v) is 9.35. The van der Waals surface area contributed by atoms with E-state index in [1.54, 1.807) is 18.4 Å². The third-order valence-corrected chi connectivity index (χ3v) is 7.64. The fourth-order valence-electron chi connectivity index (χ4n) is 4.23. The number of nitrogen functional groups attached to an aromatic ring is 1. The van der Waals surface area contributed by atoms with E-state index in [0.29, 0.717) is 18.9 Å². The average Bonchev–Trinajstić information content (AvgIpc) is 3.50. The van der Waals surface area contributed by atoms with Gasteiger partial charge >= 0.3 is 0 Å². The second kappa shape index (κ2) is 7.65. The van der Waals surface area contributed by atoms with Crippen molar-refractivity contribution in [1.82, 2.24) is 19.4 Å². The quantitative estimate of drug-likeness (QED) is 0.415. The average molecular weight is 498 g/mol. The number of benzene rings is 1. The van der Waals surface area contributed by atoms with E-state index in [2.05, 4.69) is 49.3 Å². The molecule has 31 heavy (non-hydrogen) atoms. The van der Waals surface area contributed by atoms with Gasteiger partial charge in [0.15, 0.2) is 0 Å². The van der Waals surface area contributed by atoms with Crippen LogP contribution in [0.3, 0.4) is 0 Å². The number of hydrogen-bond donors (Lipinski definition) is 1. The van der Waals surface area contributed by atoms with Gasteiger partial charge in [-0.15, -0.1) is 11.3 Å². The van der Waals surface area contributed by atoms with Crippen LogP contribution in [0.5, 0.6) is 5.75 Å². The van der Waals surface area contributed by atoms with E-state index in [4.69, 9.17) is 10.5 Å². The van der Waals surface area contributed by atoms with Gasteiger partial charge < -0.3 is 19.9 Å². The zero-order valence-corrected chi connectivity index (χ0v) is 19.2. The smallest absolute Gasteiger partial charge is 0.246 e. The molecule has 4 aromatic rings. The summed E-state index contributed by atoms with van der Waals surface area (Å²) >= 11 is 5.29. The van der Waals surface area contributed by atoms with Crippen molar-refractivity contribution in [2.45, 2.75) is 12.5 Å². The summed E-state index contributed by atoms with van der Waals surface area (Å²) in [4.78, 5) is 23.7. The van der Waals surface area contributed by atoms with Gasteiger partial charge in [0, 0.05) is 39.6 Å². The van der Waals surface area contributed by atoms with Crippen LogP contribution in [0.4, 0.5) is 5.82 Å². The molecule has 1 aliphatic rings. The summed E-state index contributed by atoms with van der Waals surface area (Å²) in [7, 11) is 1.68. The SMILES string of the molecule is C=CC(=O)N1CCC(n2cc(-c3cc4c(Br)ccc(OC)c4s3)c3c(N)ncnc32)C1. The summed E-state index contributed by atoms with van der Waals surface area (Å²) in [6.07, 6.45) is 5.79. The van der Waals surface area contributed by atoms with Crippen LogP contribution in [0, 0.1) is 0 Å². The Hall–Kier alpha value is -2.91. The normalized spacial score (nSPS) is 16.3. The Bertz CT molecular complexity index is 1340. The number of methoxy groups -OCH3 is 1. The van der Waals surface area contributed by atoms with Gasteiger partial charge in [-0.2, -0.15) is 0 Å². The highest BCUT2D eigenvalue weighted by atomic mass is 79.9. The molecule has 5 rings (SSSR count). The first-order valence-electron chi connectivity index (χ1n) is 9.80. The molecular formula is C22H20BrN5O2S. The lowest BCUT2D eigenvalue weighted by molar-refractivity contribution is -0.125. The van der Waals surface area contributed by atoms with Crippen molar-refractivity contribution in [3.63, 3.8) is 0 Å². The van der Waals surface area contributed by atoms with Crippen molar-refractivity contribution in [3.05, 3.63) is 47.9 Å². The molecule has 1 saturated heterocycles. The Kier molecular flexibility index (Phi) is 4.94. The highest BCUT2D eigenvalue weighted by molar-refractivity contribution is 9.10. The van der Waals surface area contributed by atoms with Gasteiger partial charge in [0.2, 0.25) is 5.91 Å². The Morgan fingerprint density at radius 2 is 2.26 bits per heavy atom. The van der Waals surface area contributed by atoms with Gasteiger partial charge in [-0.25, -0.2) is 9.97 Å². The number of fused-ring (bicyclic) bond motifs is 2. The molecule has 1 unspecified atom stereocenters. The van der Waals surface area contributed by atoms with E-state index in [1.807, 2.05) is 17.0 Å². The summed E-state index contributed by atoms with van der Waals surface area (Å²) in [5.74, 6) is 1.23. The van der Waals surface area contributed by atoms with Crippen LogP contribution in [0.1, 0.15) is 12.5 Å². The maximum absolute atomic E-state index is 12.1. The van der Waals surface area contributed by atoms with Crippen LogP contribution < -0.4 is 10.5 Å². The third-order valence-electron chi connectivity index (χ3n) is 5.76. The minimum Gasteiger partial charge on any atom is -0.495 e. The van der Waals surface area contributed by atoms with Gasteiger partial charge in [-0.1, -0.05) is 22.5 Å². The van der Waals surface area contributed by atoms with E-state index >= 15 is 0 Å². The predicted molar refractivity (Wildman–Crippen MR) is 127 cm³/mol. The maximum atomic E-state index is 12.1. The Morgan fingerprint density at radius 1 is 1.42 bits per heavy atom. The molecule has 0 radical (unpaired) electrons. The Balaban J connectivity index is 1.67. The summed E-state index contributed by atoms with van der Waals surface area (Å²) in [5.41, 5.74) is 8.08. The number of rotatable bonds is 4. The van der Waals surface area contributed by atoms with Crippen LogP contribution in [-0.2, 0) is 4.79 Å². The van der Waals surface area contributed by atoms with E-state index in [0.717, 1.165) is 48.2 Å². The molecule has 0 saturated carbocycles. The molecule has 1 amide bonds. The minimum absolute atomic E-state index is 0.0465. The molecule has 1 atom stereocenters. The molecule has 0 bridgehead atoms. The molecule has 0 spiro atoms. The molecule has 1 fully saturated rings. The number of nitrogens with two attached hydrogens (primary N) is 1. The predicted octanol–water partition coefficient (Wildman–Crippen LogP) is 4.63. The van der Waals surface area contributed by atoms with Crippen molar-refractivity contribution in [1.29, 1.82) is 0 Å². The van der Waals surface area contributed by atoms with Crippen molar-refractivity contribution in [2.75, 3.05) is 25.9 Å². The molecule has 1 aromatic carbocycles. The first-order valence-corrected chi connectivity index (χ1v) is 11.4. The van der Waals surface area contributed by atoms with E-state index in [1.165, 1.54) is 12.4 Å². The number of thiophene rings is 1. The second-order valence-electron chi connectivity index (χ2n) is 7.44. The van der Waals surface area contributed by atoms with Crippen LogP contribution in [-0.4, -0.2) is 45.5 Å². The Morgan fingerprint density at radius 3 is 3.03 bits per heavy atom. The molecule has 9 heteroatoms. The maximum Gasteiger partial charge on any atom is 0.246 e. The largest absolute Gasteiger partial charge is 0.495 e. The van der Waals surface area contributed by atoms with Gasteiger partial charge in [0.05, 0.1) is 23.2 Å². The molecule has 3 aromatic heterocycles. The number of amides is 1. The van der Waals surface area contributed by atoms with Gasteiger partial charge in [-0.05, 0) is 30.7 Å². The monoisotopic (exact) mass is 497 g/mol. The number of halogens is 1. The number of likely N-dealkylation sites (tertiary alicyclic amines) is 1. The number of aromatic nitrogens is 3. The van der Waals surface area contributed by atoms with E-state index in [9.17, 15) is 4.79 Å². The highest BCUT2D eigenvalue weighted by Gasteiger charge is 2.29. The van der Waals surface area contributed by atoms with Gasteiger partial charge in [-0.3, -0.25) is 4.79 Å². The standard InChI is InChI=1S/C22H20BrN5O2S/c1-3-18(29)27-7-6-12(9-27)28-10-14(19-21(24)25-11-26-22(19)28)17-8-13-15(23)4-5-16(30-2)20(13)31-17/h3-5,8,10-12H,1,6-7,9H2,2H3,(H2,24,25,26). The number of anilines is 1. The molecule has 1 aliphatic heterocycles. The molecule has 4 heterocycles. The van der Waals surface area contributed by atoms with E-state index < -0.39 is 0 Å². The lowest BCUT2D eigenvalue weighted by atomic mass is 10.1. The molecule has 158 valence electrons. The fraction of sp³-hybridized carbons (Fsp3) is 0.227. The molecule has 7 nitrogen and oxygen atoms in total. The molecule has 2 N–H and O–H groups in total. The summed E-state index contributed by atoms with van der Waals surface area (Å²) in [6.45, 7) is 4.91. The number of carbonyl (C=O) groups excluding carboxylic acids is 1. The summed E-state index contributed by atoms with van der Waals surface area (Å²) in [5, 5.41) is 1.91. The first kappa shape index (κ1) is 20.0. The number of carbonyl (C=O) groups is 1. The van der Waals surface area contributed by atoms with Gasteiger partial charge in [0.1, 0.15) is 23.5 Å². The first-order chi connectivity index (χ1) is 15.0. The lowest BCUT2D eigenvalue weighted by Crippen LogP contribution is -2.27. The van der Waals surface area contributed by atoms with Crippen molar-refractivity contribution in [3.8, 4) is 16.2 Å². The summed E-state index contributed by atoms with van der Waals surface area (Å²) in [6, 6.07) is 6.20. The van der Waals surface area contributed by atoms with Gasteiger partial charge in [0.25, 0.3) is 0 Å². The van der Waals surface area contributed by atoms with Crippen LogP contribution in [0.15, 0.2) is 47.9 Å². The lowest BCUT2D eigenvalue weighted by Gasteiger charge is -2.15. The number of nitrogens with zero attached hydrogens (tertiary/aromatic N) is 4. The Labute approximate surface area is 191 Å². The van der Waals surface area contributed by atoms with Crippen LogP contribution >= 0.6 is 27.3 Å². The molecular weight excluding hydrogens is 478 g/mol. The molecule has 0 aliphatic carbocycles. The summed E-state index contributed by atoms with van der Waals surface area (Å²) < 4.78 is 9.77. The van der Waals surface area contributed by atoms with Crippen molar-refractivity contribution >= 4 is 60.1 Å². The third kappa shape index (κ3) is 3.19. The topological polar surface area (TPSA) is 86.3 Å². The number of ether oxygens (including phenoxy) is 1. The van der Waals surface area contributed by atoms with E-state index in [-0.39, 0.29) is 11.9 Å². The van der Waals surface area contributed by atoms with Crippen LogP contribution in [0.2, 0.25) is 0 Å².